The molecule has 158 valence electrons. The summed E-state index contributed by atoms with van der Waals surface area (Å²) >= 11 is 0. The minimum absolute atomic E-state index is 0.00834. The van der Waals surface area contributed by atoms with Crippen LogP contribution in [0.25, 0.3) is 0 Å². The molecule has 29 heavy (non-hydrogen) atoms. The van der Waals surface area contributed by atoms with Crippen LogP contribution in [0.1, 0.15) is 58.1 Å². The Balaban J connectivity index is 1.58. The Hall–Kier alpha value is -2.04. The molecule has 0 unspecified atom stereocenters. The molecule has 3 atom stereocenters. The summed E-state index contributed by atoms with van der Waals surface area (Å²) in [4.78, 5) is 29.8. The van der Waals surface area contributed by atoms with Gasteiger partial charge in [0.05, 0.1) is 12.5 Å². The van der Waals surface area contributed by atoms with E-state index in [2.05, 4.69) is 49.9 Å². The third kappa shape index (κ3) is 3.13. The van der Waals surface area contributed by atoms with Crippen molar-refractivity contribution in [3.63, 3.8) is 0 Å². The monoisotopic (exact) mass is 398 g/mol. The van der Waals surface area contributed by atoms with Crippen LogP contribution in [-0.4, -0.2) is 54.1 Å². The van der Waals surface area contributed by atoms with Gasteiger partial charge >= 0.3 is 12.0 Å². The fourth-order valence-electron chi connectivity index (χ4n) is 5.89. The number of amides is 2. The van der Waals surface area contributed by atoms with Gasteiger partial charge in [0.15, 0.2) is 0 Å². The molecule has 0 N–H and O–H groups in total. The Labute approximate surface area is 174 Å². The summed E-state index contributed by atoms with van der Waals surface area (Å²) in [6.07, 6.45) is 3.54. The number of fused-ring (bicyclic) bond motifs is 4. The van der Waals surface area contributed by atoms with E-state index in [1.165, 1.54) is 11.1 Å². The highest BCUT2D eigenvalue weighted by Crippen LogP contribution is 2.56. The number of likely N-dealkylation sites (tertiary alicyclic amines) is 2. The molecule has 5 nitrogen and oxygen atoms in total. The lowest BCUT2D eigenvalue weighted by Gasteiger charge is -2.61. The quantitative estimate of drug-likeness (QED) is 0.708. The van der Waals surface area contributed by atoms with Gasteiger partial charge in [0.1, 0.15) is 0 Å². The third-order valence-electron chi connectivity index (χ3n) is 8.07. The molecule has 5 heteroatoms. The molecule has 1 aliphatic carbocycles. The van der Waals surface area contributed by atoms with Crippen LogP contribution in [0.2, 0.25) is 0 Å². The molecular weight excluding hydrogens is 364 g/mol. The zero-order chi connectivity index (χ0) is 20.8. The van der Waals surface area contributed by atoms with Crippen molar-refractivity contribution in [2.24, 2.45) is 11.3 Å². The van der Waals surface area contributed by atoms with E-state index in [4.69, 9.17) is 4.74 Å². The van der Waals surface area contributed by atoms with Crippen LogP contribution in [-0.2, 0) is 21.4 Å². The highest BCUT2D eigenvalue weighted by Gasteiger charge is 2.57. The van der Waals surface area contributed by atoms with Gasteiger partial charge in [0.2, 0.25) is 0 Å². The smallest absolute Gasteiger partial charge is 0.320 e. The Kier molecular flexibility index (Phi) is 5.12. The topological polar surface area (TPSA) is 49.9 Å². The second kappa shape index (κ2) is 7.33. The average molecular weight is 399 g/mol. The molecule has 2 aliphatic heterocycles. The first-order chi connectivity index (χ1) is 13.8. The van der Waals surface area contributed by atoms with Gasteiger partial charge in [-0.05, 0) is 49.1 Å². The molecule has 2 fully saturated rings. The van der Waals surface area contributed by atoms with Gasteiger partial charge in [-0.15, -0.1) is 0 Å². The summed E-state index contributed by atoms with van der Waals surface area (Å²) in [5.74, 6) is -0.356. The van der Waals surface area contributed by atoms with Crippen LogP contribution < -0.4 is 0 Å². The van der Waals surface area contributed by atoms with E-state index in [0.29, 0.717) is 13.2 Å². The molecule has 0 spiro atoms. The average Bonchev–Trinajstić information content (AvgIpc) is 2.70. The van der Waals surface area contributed by atoms with Gasteiger partial charge in [-0.1, -0.05) is 45.0 Å². The van der Waals surface area contributed by atoms with E-state index in [1.54, 1.807) is 0 Å². The normalized spacial score (nSPS) is 30.5. The van der Waals surface area contributed by atoms with Crippen molar-refractivity contribution in [1.82, 2.24) is 9.80 Å². The number of nitrogens with zero attached hydrogens (tertiary/aromatic N) is 2. The van der Waals surface area contributed by atoms with Crippen molar-refractivity contribution in [3.8, 4) is 0 Å². The minimum atomic E-state index is -0.192. The fraction of sp³-hybridized carbons (Fsp3) is 0.667. The highest BCUT2D eigenvalue weighted by atomic mass is 16.5. The maximum absolute atomic E-state index is 13.6. The number of ether oxygens (including phenoxy) is 1. The van der Waals surface area contributed by atoms with Crippen LogP contribution in [0.3, 0.4) is 0 Å². The van der Waals surface area contributed by atoms with Crippen molar-refractivity contribution >= 4 is 12.0 Å². The van der Waals surface area contributed by atoms with E-state index in [0.717, 1.165) is 38.8 Å². The summed E-state index contributed by atoms with van der Waals surface area (Å²) in [6.45, 7) is 11.2. The molecule has 1 aromatic rings. The number of hydrogen-bond donors (Lipinski definition) is 0. The van der Waals surface area contributed by atoms with Crippen molar-refractivity contribution in [3.05, 3.63) is 35.4 Å². The maximum atomic E-state index is 13.6. The van der Waals surface area contributed by atoms with Gasteiger partial charge in [-0.25, -0.2) is 4.79 Å². The predicted molar refractivity (Wildman–Crippen MR) is 113 cm³/mol. The summed E-state index contributed by atoms with van der Waals surface area (Å²) < 4.78 is 5.22. The van der Waals surface area contributed by atoms with Crippen molar-refractivity contribution < 1.29 is 14.3 Å². The van der Waals surface area contributed by atoms with Gasteiger partial charge in [-0.2, -0.15) is 0 Å². The van der Waals surface area contributed by atoms with Crippen molar-refractivity contribution in [2.75, 3.05) is 26.2 Å². The SMILES string of the molecule is CCOC(=O)[C@@H]1CCCN(C(=O)N2CC[C@@]3(C)c4ccccc4C[C@@H]2C3(C)C)C1. The molecule has 3 aliphatic rings. The molecule has 4 rings (SSSR count). The second-order valence-electron chi connectivity index (χ2n) is 9.69. The molecule has 2 amide bonds. The van der Waals surface area contributed by atoms with Crippen LogP contribution in [0.4, 0.5) is 4.79 Å². The van der Waals surface area contributed by atoms with Crippen LogP contribution >= 0.6 is 0 Å². The summed E-state index contributed by atoms with van der Waals surface area (Å²) in [5, 5.41) is 0. The van der Waals surface area contributed by atoms with E-state index >= 15 is 0 Å². The Morgan fingerprint density at radius 2 is 1.93 bits per heavy atom. The van der Waals surface area contributed by atoms with Crippen LogP contribution in [0.15, 0.2) is 24.3 Å². The maximum Gasteiger partial charge on any atom is 0.320 e. The molecule has 0 aromatic heterocycles. The number of urea groups is 1. The van der Waals surface area contributed by atoms with Gasteiger partial charge in [0.25, 0.3) is 0 Å². The first kappa shape index (κ1) is 20.2. The Morgan fingerprint density at radius 1 is 1.17 bits per heavy atom. The number of rotatable bonds is 2. The summed E-state index contributed by atoms with van der Waals surface area (Å²) in [6, 6.07) is 9.02. The lowest BCUT2D eigenvalue weighted by molar-refractivity contribution is -0.149. The van der Waals surface area contributed by atoms with Crippen LogP contribution in [0, 0.1) is 11.3 Å². The first-order valence-electron chi connectivity index (χ1n) is 11.1. The largest absolute Gasteiger partial charge is 0.466 e. The van der Waals surface area contributed by atoms with Gasteiger partial charge < -0.3 is 14.5 Å². The summed E-state index contributed by atoms with van der Waals surface area (Å²) in [5.41, 5.74) is 2.89. The first-order valence-corrected chi connectivity index (χ1v) is 11.1. The molecule has 2 bridgehead atoms. The highest BCUT2D eigenvalue weighted by molar-refractivity contribution is 5.78. The molecule has 1 aromatic carbocycles. The van der Waals surface area contributed by atoms with E-state index in [-0.39, 0.29) is 34.8 Å². The number of carbonyl (C=O) groups is 2. The van der Waals surface area contributed by atoms with Crippen molar-refractivity contribution in [1.29, 1.82) is 0 Å². The van der Waals surface area contributed by atoms with E-state index in [9.17, 15) is 9.59 Å². The summed E-state index contributed by atoms with van der Waals surface area (Å²) in [7, 11) is 0. The molecular formula is C24H34N2O3. The number of piperidine rings is 2. The molecule has 2 saturated heterocycles. The molecule has 2 heterocycles. The van der Waals surface area contributed by atoms with Crippen molar-refractivity contribution in [2.45, 2.75) is 64.8 Å². The zero-order valence-corrected chi connectivity index (χ0v) is 18.2. The lowest BCUT2D eigenvalue weighted by Crippen LogP contribution is -2.66. The number of esters is 1. The zero-order valence-electron chi connectivity index (χ0n) is 18.2. The van der Waals surface area contributed by atoms with E-state index < -0.39 is 0 Å². The second-order valence-corrected chi connectivity index (χ2v) is 9.69. The number of carbonyl (C=O) groups excluding carboxylic acids is 2. The molecule has 0 radical (unpaired) electrons. The molecule has 0 saturated carbocycles. The van der Waals surface area contributed by atoms with Crippen LogP contribution in [0.5, 0.6) is 0 Å². The number of hydrogen-bond acceptors (Lipinski definition) is 3. The standard InChI is InChI=1S/C24H34N2O3/c1-5-29-21(27)18-10-8-13-25(16-18)22(28)26-14-12-24(4)19-11-7-6-9-17(19)15-20(26)23(24,2)3/h6-7,9,11,18,20H,5,8,10,12-16H2,1-4H3/t18-,20-,24+/m1/s1. The third-order valence-corrected chi connectivity index (χ3v) is 8.07. The Morgan fingerprint density at radius 3 is 2.69 bits per heavy atom. The minimum Gasteiger partial charge on any atom is -0.466 e. The van der Waals surface area contributed by atoms with Gasteiger partial charge in [0, 0.05) is 31.1 Å². The predicted octanol–water partition coefficient (Wildman–Crippen LogP) is 4.00. The van der Waals surface area contributed by atoms with E-state index in [1.807, 2.05) is 11.8 Å². The Bertz CT molecular complexity index is 805. The number of benzene rings is 1. The van der Waals surface area contributed by atoms with Gasteiger partial charge in [-0.3, -0.25) is 4.79 Å². The fourth-order valence-corrected chi connectivity index (χ4v) is 5.89. The lowest BCUT2D eigenvalue weighted by atomic mass is 9.51.